The third-order valence-electron chi connectivity index (χ3n) is 3.37. The molecule has 6 nitrogen and oxygen atoms in total. The second-order valence-electron chi connectivity index (χ2n) is 4.94. The van der Waals surface area contributed by atoms with Gasteiger partial charge in [0, 0.05) is 30.9 Å². The molecular weight excluding hydrogens is 317 g/mol. The Morgan fingerprint density at radius 1 is 1.35 bits per heavy atom. The van der Waals surface area contributed by atoms with E-state index in [2.05, 4.69) is 15.2 Å². The molecule has 0 amide bonds. The van der Waals surface area contributed by atoms with Gasteiger partial charge in [-0.2, -0.15) is 0 Å². The van der Waals surface area contributed by atoms with Crippen molar-refractivity contribution in [2.75, 3.05) is 19.6 Å². The lowest BCUT2D eigenvalue weighted by atomic mass is 10.1. The molecule has 8 heteroatoms. The predicted molar refractivity (Wildman–Crippen MR) is 87.0 cm³/mol. The fraction of sp³-hybridized carbons (Fsp3) is 0.267. The summed E-state index contributed by atoms with van der Waals surface area (Å²) in [6.45, 7) is 0.526. The third-order valence-corrected chi connectivity index (χ3v) is 4.36. The zero-order valence-corrected chi connectivity index (χ0v) is 13.4. The number of ether oxygens (including phenoxy) is 1. The van der Waals surface area contributed by atoms with Crippen LogP contribution in [0.4, 0.5) is 4.39 Å². The van der Waals surface area contributed by atoms with E-state index >= 15 is 0 Å². The molecule has 0 saturated carbocycles. The van der Waals surface area contributed by atoms with Gasteiger partial charge in [0.1, 0.15) is 5.82 Å². The number of nitrogens with two attached hydrogens (primary N) is 1. The molecule has 2 N–H and O–H groups in total. The molecule has 0 saturated heterocycles. The minimum atomic E-state index is -0.281. The van der Waals surface area contributed by atoms with Crippen LogP contribution in [0.3, 0.4) is 0 Å². The minimum absolute atomic E-state index is 0.281. The lowest BCUT2D eigenvalue weighted by Gasteiger charge is -2.06. The second-order valence-corrected chi connectivity index (χ2v) is 5.88. The number of pyridine rings is 1. The molecule has 0 radical (unpaired) electrons. The number of hydrogen-bond donors (Lipinski definition) is 1. The highest BCUT2D eigenvalue weighted by Gasteiger charge is 2.12. The summed E-state index contributed by atoms with van der Waals surface area (Å²) in [6, 6.07) is 6.60. The molecule has 2 aromatic heterocycles. The molecule has 2 heterocycles. The Morgan fingerprint density at radius 2 is 2.22 bits per heavy atom. The van der Waals surface area contributed by atoms with Crippen LogP contribution in [0.5, 0.6) is 0 Å². The van der Waals surface area contributed by atoms with Crippen molar-refractivity contribution in [3.8, 4) is 0 Å². The van der Waals surface area contributed by atoms with E-state index in [0.29, 0.717) is 29.8 Å². The van der Waals surface area contributed by atoms with E-state index in [9.17, 15) is 4.39 Å². The van der Waals surface area contributed by atoms with Gasteiger partial charge >= 0.3 is 0 Å². The highest BCUT2D eigenvalue weighted by Crippen LogP contribution is 2.26. The van der Waals surface area contributed by atoms with Gasteiger partial charge in [-0.3, -0.25) is 4.98 Å². The number of hydrogen-bond acceptors (Lipinski definition) is 6. The van der Waals surface area contributed by atoms with Crippen LogP contribution < -0.4 is 5.84 Å². The Labute approximate surface area is 136 Å². The molecule has 0 fully saturated rings. The van der Waals surface area contributed by atoms with Gasteiger partial charge < -0.3 is 10.6 Å². The first-order valence-corrected chi connectivity index (χ1v) is 8.02. The van der Waals surface area contributed by atoms with Crippen LogP contribution in [-0.2, 0) is 16.9 Å². The Bertz CT molecular complexity index is 823. The summed E-state index contributed by atoms with van der Waals surface area (Å²) < 4.78 is 20.2. The van der Waals surface area contributed by atoms with Crippen molar-refractivity contribution in [1.82, 2.24) is 19.9 Å². The van der Waals surface area contributed by atoms with Gasteiger partial charge in [-0.15, -0.1) is 10.2 Å². The Hall–Kier alpha value is -2.19. The summed E-state index contributed by atoms with van der Waals surface area (Å²) in [7, 11) is 1.62. The SMILES string of the molecule is COCCc1nnc(SCc2cc(F)cc3cccnc23)n1N. The van der Waals surface area contributed by atoms with Crippen molar-refractivity contribution in [3.63, 3.8) is 0 Å². The molecule has 120 valence electrons. The molecule has 0 aliphatic carbocycles. The first-order valence-electron chi connectivity index (χ1n) is 7.03. The van der Waals surface area contributed by atoms with Gasteiger partial charge in [-0.05, 0) is 23.8 Å². The number of nitrogens with zero attached hydrogens (tertiary/aromatic N) is 4. The molecule has 1 aromatic carbocycles. The normalized spacial score (nSPS) is 11.2. The molecule has 0 aliphatic heterocycles. The van der Waals surface area contributed by atoms with Gasteiger partial charge in [0.05, 0.1) is 12.1 Å². The van der Waals surface area contributed by atoms with Gasteiger partial charge in [0.2, 0.25) is 5.16 Å². The summed E-state index contributed by atoms with van der Waals surface area (Å²) in [6.07, 6.45) is 2.29. The number of methoxy groups -OCH3 is 1. The largest absolute Gasteiger partial charge is 0.384 e. The Balaban J connectivity index is 1.80. The molecule has 3 rings (SSSR count). The lowest BCUT2D eigenvalue weighted by Crippen LogP contribution is -2.15. The number of benzene rings is 1. The second kappa shape index (κ2) is 6.93. The zero-order valence-electron chi connectivity index (χ0n) is 12.6. The quantitative estimate of drug-likeness (QED) is 0.550. The van der Waals surface area contributed by atoms with E-state index in [1.54, 1.807) is 19.4 Å². The topological polar surface area (TPSA) is 78.9 Å². The standard InChI is InChI=1S/C15H16FN5OS/c1-22-6-4-13-19-20-15(21(13)17)23-9-11-8-12(16)7-10-3-2-5-18-14(10)11/h2-3,5,7-8H,4,6,9,17H2,1H3. The summed E-state index contributed by atoms with van der Waals surface area (Å²) in [5, 5.41) is 9.46. The number of halogens is 1. The van der Waals surface area contributed by atoms with Crippen LogP contribution >= 0.6 is 11.8 Å². The van der Waals surface area contributed by atoms with Crippen LogP contribution in [0.2, 0.25) is 0 Å². The van der Waals surface area contributed by atoms with Crippen molar-refractivity contribution in [3.05, 3.63) is 47.7 Å². The molecule has 0 spiro atoms. The van der Waals surface area contributed by atoms with Gasteiger partial charge in [-0.25, -0.2) is 9.07 Å². The van der Waals surface area contributed by atoms with E-state index in [4.69, 9.17) is 10.6 Å². The van der Waals surface area contributed by atoms with Crippen LogP contribution in [0.15, 0.2) is 35.6 Å². The van der Waals surface area contributed by atoms with Crippen molar-refractivity contribution < 1.29 is 9.13 Å². The average molecular weight is 333 g/mol. The summed E-state index contributed by atoms with van der Waals surface area (Å²) >= 11 is 1.39. The van der Waals surface area contributed by atoms with E-state index in [1.807, 2.05) is 6.07 Å². The smallest absolute Gasteiger partial charge is 0.210 e. The van der Waals surface area contributed by atoms with Crippen molar-refractivity contribution >= 4 is 22.7 Å². The fourth-order valence-corrected chi connectivity index (χ4v) is 3.10. The maximum absolute atomic E-state index is 13.7. The van der Waals surface area contributed by atoms with Gasteiger partial charge in [0.15, 0.2) is 5.82 Å². The number of aromatic nitrogens is 4. The number of nitrogen functional groups attached to an aromatic ring is 1. The minimum Gasteiger partial charge on any atom is -0.384 e. The van der Waals surface area contributed by atoms with Crippen molar-refractivity contribution in [1.29, 1.82) is 0 Å². The molecular formula is C15H16FN5OS. The van der Waals surface area contributed by atoms with Crippen molar-refractivity contribution in [2.45, 2.75) is 17.3 Å². The molecule has 23 heavy (non-hydrogen) atoms. The van der Waals surface area contributed by atoms with Crippen LogP contribution in [0, 0.1) is 5.82 Å². The lowest BCUT2D eigenvalue weighted by molar-refractivity contribution is 0.200. The summed E-state index contributed by atoms with van der Waals surface area (Å²) in [4.78, 5) is 4.33. The Kier molecular flexibility index (Phi) is 4.73. The maximum Gasteiger partial charge on any atom is 0.210 e. The van der Waals surface area contributed by atoms with E-state index in [0.717, 1.165) is 16.5 Å². The molecule has 0 atom stereocenters. The number of rotatable bonds is 6. The maximum atomic E-state index is 13.7. The van der Waals surface area contributed by atoms with E-state index < -0.39 is 0 Å². The predicted octanol–water partition coefficient (Wildman–Crippen LogP) is 2.16. The molecule has 0 unspecified atom stereocenters. The molecule has 3 aromatic rings. The number of fused-ring (bicyclic) bond motifs is 1. The van der Waals surface area contributed by atoms with Crippen LogP contribution in [0.1, 0.15) is 11.4 Å². The Morgan fingerprint density at radius 3 is 3.04 bits per heavy atom. The van der Waals surface area contributed by atoms with E-state index in [-0.39, 0.29) is 5.82 Å². The number of thioether (sulfide) groups is 1. The third kappa shape index (κ3) is 3.43. The van der Waals surface area contributed by atoms with Crippen LogP contribution in [-0.4, -0.2) is 33.6 Å². The monoisotopic (exact) mass is 333 g/mol. The van der Waals surface area contributed by atoms with Crippen LogP contribution in [0.25, 0.3) is 10.9 Å². The molecule has 0 bridgehead atoms. The fourth-order valence-electron chi connectivity index (χ4n) is 2.25. The van der Waals surface area contributed by atoms with Crippen molar-refractivity contribution in [2.24, 2.45) is 0 Å². The first-order chi connectivity index (χ1) is 11.2. The summed E-state index contributed by atoms with van der Waals surface area (Å²) in [5.41, 5.74) is 1.58. The zero-order chi connectivity index (χ0) is 16.2. The van der Waals surface area contributed by atoms with Gasteiger partial charge in [-0.1, -0.05) is 17.8 Å². The highest BCUT2D eigenvalue weighted by molar-refractivity contribution is 7.98. The summed E-state index contributed by atoms with van der Waals surface area (Å²) in [5.74, 6) is 6.85. The molecule has 0 aliphatic rings. The van der Waals surface area contributed by atoms with E-state index in [1.165, 1.54) is 28.6 Å². The highest BCUT2D eigenvalue weighted by atomic mass is 32.2. The average Bonchev–Trinajstić information content (AvgIpc) is 2.90. The van der Waals surface area contributed by atoms with Gasteiger partial charge in [0.25, 0.3) is 0 Å². The first kappa shape index (κ1) is 15.7.